The summed E-state index contributed by atoms with van der Waals surface area (Å²) in [7, 11) is 0. The summed E-state index contributed by atoms with van der Waals surface area (Å²) in [4.78, 5) is 12.0. The fourth-order valence-electron chi connectivity index (χ4n) is 2.94. The second-order valence-corrected chi connectivity index (χ2v) is 6.94. The SMILES string of the molecule is CCCCCCCCCCCCC(CCC)C(=O)OC(C)C. The van der Waals surface area contributed by atoms with Crippen molar-refractivity contribution in [3.63, 3.8) is 0 Å². The number of carbonyl (C=O) groups is 1. The van der Waals surface area contributed by atoms with E-state index in [1.807, 2.05) is 13.8 Å². The van der Waals surface area contributed by atoms with Crippen molar-refractivity contribution in [1.29, 1.82) is 0 Å². The van der Waals surface area contributed by atoms with Crippen molar-refractivity contribution in [3.8, 4) is 0 Å². The van der Waals surface area contributed by atoms with Gasteiger partial charge in [-0.1, -0.05) is 84.5 Å². The molecular formula is C20H40O2. The predicted molar refractivity (Wildman–Crippen MR) is 96.1 cm³/mol. The van der Waals surface area contributed by atoms with E-state index in [9.17, 15) is 4.79 Å². The normalized spacial score (nSPS) is 12.6. The Morgan fingerprint density at radius 3 is 1.68 bits per heavy atom. The molecule has 0 rings (SSSR count). The third kappa shape index (κ3) is 13.2. The van der Waals surface area contributed by atoms with E-state index < -0.39 is 0 Å². The van der Waals surface area contributed by atoms with Crippen LogP contribution in [0.2, 0.25) is 0 Å². The van der Waals surface area contributed by atoms with Crippen LogP contribution < -0.4 is 0 Å². The van der Waals surface area contributed by atoms with Gasteiger partial charge in [-0.15, -0.1) is 0 Å². The molecule has 0 fully saturated rings. The maximum absolute atomic E-state index is 12.0. The molecule has 0 N–H and O–H groups in total. The quantitative estimate of drug-likeness (QED) is 0.249. The van der Waals surface area contributed by atoms with Gasteiger partial charge in [0.1, 0.15) is 0 Å². The summed E-state index contributed by atoms with van der Waals surface area (Å²) >= 11 is 0. The van der Waals surface area contributed by atoms with Gasteiger partial charge in [0.2, 0.25) is 0 Å². The molecule has 0 aromatic heterocycles. The molecule has 0 spiro atoms. The molecule has 0 aliphatic rings. The summed E-state index contributed by atoms with van der Waals surface area (Å²) in [5.74, 6) is 0.147. The Labute approximate surface area is 139 Å². The van der Waals surface area contributed by atoms with Crippen LogP contribution in [0, 0.1) is 5.92 Å². The minimum atomic E-state index is 0.0135. The fourth-order valence-corrected chi connectivity index (χ4v) is 2.94. The molecular weight excluding hydrogens is 272 g/mol. The summed E-state index contributed by atoms with van der Waals surface area (Å²) in [5.41, 5.74) is 0. The Balaban J connectivity index is 3.58. The molecule has 1 unspecified atom stereocenters. The van der Waals surface area contributed by atoms with E-state index in [0.717, 1.165) is 19.3 Å². The number of hydrogen-bond donors (Lipinski definition) is 0. The number of unbranched alkanes of at least 4 members (excludes halogenated alkanes) is 9. The van der Waals surface area contributed by atoms with E-state index in [1.165, 1.54) is 64.2 Å². The van der Waals surface area contributed by atoms with Gasteiger partial charge in [-0.3, -0.25) is 4.79 Å². The van der Waals surface area contributed by atoms with Crippen molar-refractivity contribution in [2.75, 3.05) is 0 Å². The van der Waals surface area contributed by atoms with Crippen molar-refractivity contribution in [1.82, 2.24) is 0 Å². The molecule has 22 heavy (non-hydrogen) atoms. The van der Waals surface area contributed by atoms with Crippen molar-refractivity contribution in [2.24, 2.45) is 5.92 Å². The highest BCUT2D eigenvalue weighted by molar-refractivity contribution is 5.72. The molecule has 1 atom stereocenters. The first-order chi connectivity index (χ1) is 10.6. The van der Waals surface area contributed by atoms with Gasteiger partial charge < -0.3 is 4.74 Å². The number of rotatable bonds is 15. The molecule has 2 heteroatoms. The van der Waals surface area contributed by atoms with Crippen molar-refractivity contribution >= 4 is 5.97 Å². The largest absolute Gasteiger partial charge is 0.463 e. The molecule has 0 aliphatic heterocycles. The van der Waals surface area contributed by atoms with Gasteiger partial charge in [0, 0.05) is 0 Å². The molecule has 0 aromatic carbocycles. The Kier molecular flexibility index (Phi) is 15.0. The zero-order valence-electron chi connectivity index (χ0n) is 15.7. The van der Waals surface area contributed by atoms with Crippen LogP contribution in [0.1, 0.15) is 111 Å². The van der Waals surface area contributed by atoms with Crippen LogP contribution in [0.5, 0.6) is 0 Å². The lowest BCUT2D eigenvalue weighted by molar-refractivity contribution is -0.153. The Bertz CT molecular complexity index is 248. The van der Waals surface area contributed by atoms with Gasteiger partial charge in [-0.25, -0.2) is 0 Å². The van der Waals surface area contributed by atoms with Gasteiger partial charge >= 0.3 is 5.97 Å². The highest BCUT2D eigenvalue weighted by atomic mass is 16.5. The summed E-state index contributed by atoms with van der Waals surface area (Å²) in [6, 6.07) is 0. The highest BCUT2D eigenvalue weighted by Crippen LogP contribution is 2.19. The lowest BCUT2D eigenvalue weighted by atomic mass is 9.96. The summed E-state index contributed by atoms with van der Waals surface area (Å²) in [6.07, 6.45) is 16.5. The van der Waals surface area contributed by atoms with Crippen molar-refractivity contribution in [2.45, 2.75) is 117 Å². The van der Waals surface area contributed by atoms with Crippen molar-refractivity contribution in [3.05, 3.63) is 0 Å². The Morgan fingerprint density at radius 1 is 0.727 bits per heavy atom. The summed E-state index contributed by atoms with van der Waals surface area (Å²) in [5, 5.41) is 0. The number of carbonyl (C=O) groups excluding carboxylic acids is 1. The van der Waals surface area contributed by atoms with Crippen LogP contribution in [0.25, 0.3) is 0 Å². The molecule has 132 valence electrons. The van der Waals surface area contributed by atoms with Gasteiger partial charge in [0.05, 0.1) is 12.0 Å². The summed E-state index contributed by atoms with van der Waals surface area (Å²) in [6.45, 7) is 8.28. The monoisotopic (exact) mass is 312 g/mol. The van der Waals surface area contributed by atoms with Gasteiger partial charge in [-0.2, -0.15) is 0 Å². The average molecular weight is 313 g/mol. The predicted octanol–water partition coefficient (Wildman–Crippen LogP) is 6.67. The smallest absolute Gasteiger partial charge is 0.309 e. The fraction of sp³-hybridized carbons (Fsp3) is 0.950. The summed E-state index contributed by atoms with van der Waals surface area (Å²) < 4.78 is 5.37. The Morgan fingerprint density at radius 2 is 1.23 bits per heavy atom. The van der Waals surface area contributed by atoms with Crippen LogP contribution in [0.4, 0.5) is 0 Å². The first-order valence-electron chi connectivity index (χ1n) is 9.82. The zero-order valence-corrected chi connectivity index (χ0v) is 15.7. The Hall–Kier alpha value is -0.530. The van der Waals surface area contributed by atoms with E-state index in [-0.39, 0.29) is 18.0 Å². The molecule has 0 bridgehead atoms. The second kappa shape index (κ2) is 15.4. The molecule has 0 saturated carbocycles. The lowest BCUT2D eigenvalue weighted by Crippen LogP contribution is -2.21. The molecule has 0 radical (unpaired) electrons. The molecule has 0 aliphatic carbocycles. The second-order valence-electron chi connectivity index (χ2n) is 6.94. The average Bonchev–Trinajstić information content (AvgIpc) is 2.47. The number of esters is 1. The van der Waals surface area contributed by atoms with E-state index >= 15 is 0 Å². The first-order valence-corrected chi connectivity index (χ1v) is 9.82. The van der Waals surface area contributed by atoms with Gasteiger partial charge in [0.25, 0.3) is 0 Å². The highest BCUT2D eigenvalue weighted by Gasteiger charge is 2.19. The van der Waals surface area contributed by atoms with Crippen LogP contribution >= 0.6 is 0 Å². The number of ether oxygens (including phenoxy) is 1. The van der Waals surface area contributed by atoms with Crippen LogP contribution in [0.15, 0.2) is 0 Å². The van der Waals surface area contributed by atoms with Gasteiger partial charge in [-0.05, 0) is 26.7 Å². The van der Waals surface area contributed by atoms with Crippen LogP contribution in [-0.4, -0.2) is 12.1 Å². The maximum Gasteiger partial charge on any atom is 0.309 e. The molecule has 0 amide bonds. The van der Waals surface area contributed by atoms with Crippen LogP contribution in [-0.2, 0) is 9.53 Å². The molecule has 2 nitrogen and oxygen atoms in total. The van der Waals surface area contributed by atoms with Crippen molar-refractivity contribution < 1.29 is 9.53 Å². The third-order valence-electron chi connectivity index (χ3n) is 4.23. The molecule has 0 saturated heterocycles. The standard InChI is InChI=1S/C20H40O2/c1-5-7-8-9-10-11-12-13-14-15-17-19(16-6-2)20(21)22-18(3)4/h18-19H,5-17H2,1-4H3. The minimum absolute atomic E-state index is 0.0135. The van der Waals surface area contributed by atoms with Crippen LogP contribution in [0.3, 0.4) is 0 Å². The minimum Gasteiger partial charge on any atom is -0.463 e. The van der Waals surface area contributed by atoms with E-state index in [1.54, 1.807) is 0 Å². The zero-order chi connectivity index (χ0) is 16.6. The van der Waals surface area contributed by atoms with Gasteiger partial charge in [0.15, 0.2) is 0 Å². The topological polar surface area (TPSA) is 26.3 Å². The maximum atomic E-state index is 12.0. The van der Waals surface area contributed by atoms with E-state index in [2.05, 4.69) is 13.8 Å². The first kappa shape index (κ1) is 21.5. The molecule has 0 aromatic rings. The van der Waals surface area contributed by atoms with E-state index in [0.29, 0.717) is 0 Å². The molecule has 0 heterocycles. The third-order valence-corrected chi connectivity index (χ3v) is 4.23. The lowest BCUT2D eigenvalue weighted by Gasteiger charge is -2.17. The number of hydrogen-bond acceptors (Lipinski definition) is 2. The van der Waals surface area contributed by atoms with E-state index in [4.69, 9.17) is 4.74 Å².